The molecule has 4 bridgehead atoms. The van der Waals surface area contributed by atoms with Crippen LogP contribution in [0.2, 0.25) is 0 Å². The maximum absolute atomic E-state index is 2.68. The Kier molecular flexibility index (Phi) is 4.67. The van der Waals surface area contributed by atoms with E-state index in [1.54, 1.807) is 11.1 Å². The van der Waals surface area contributed by atoms with Crippen LogP contribution in [0.4, 0.5) is 0 Å². The van der Waals surface area contributed by atoms with E-state index in [1.807, 2.05) is 0 Å². The van der Waals surface area contributed by atoms with Crippen molar-refractivity contribution in [1.29, 1.82) is 0 Å². The van der Waals surface area contributed by atoms with Crippen molar-refractivity contribution >= 4 is 32.3 Å². The lowest BCUT2D eigenvalue weighted by Gasteiger charge is -2.38. The van der Waals surface area contributed by atoms with Crippen LogP contribution in [0, 0.1) is 11.8 Å². The summed E-state index contributed by atoms with van der Waals surface area (Å²) in [5, 5.41) is 8.24. The Morgan fingerprint density at radius 3 is 1.64 bits per heavy atom. The van der Waals surface area contributed by atoms with Gasteiger partial charge in [-0.2, -0.15) is 0 Å². The Morgan fingerprint density at radius 2 is 0.949 bits per heavy atom. The minimum absolute atomic E-state index is 0.729. The summed E-state index contributed by atoms with van der Waals surface area (Å²) in [6.45, 7) is 0. The number of benzene rings is 6. The Balaban J connectivity index is 1.47. The molecular formula is C39H32. The smallest absolute Gasteiger partial charge is 0.00200 e. The van der Waals surface area contributed by atoms with Crippen molar-refractivity contribution in [1.82, 2.24) is 0 Å². The van der Waals surface area contributed by atoms with Crippen LogP contribution in [0.1, 0.15) is 55.1 Å². The van der Waals surface area contributed by atoms with E-state index >= 15 is 0 Å². The first-order valence-electron chi connectivity index (χ1n) is 14.9. The van der Waals surface area contributed by atoms with Gasteiger partial charge in [-0.05, 0) is 134 Å². The molecule has 0 N–H and O–H groups in total. The van der Waals surface area contributed by atoms with Crippen LogP contribution in [0.15, 0.2) is 109 Å². The molecule has 39 heavy (non-hydrogen) atoms. The molecule has 0 heteroatoms. The molecule has 0 spiro atoms. The summed E-state index contributed by atoms with van der Waals surface area (Å²) in [7, 11) is 0. The summed E-state index contributed by atoms with van der Waals surface area (Å²) >= 11 is 0. The lowest BCUT2D eigenvalue weighted by Crippen LogP contribution is -2.25. The molecule has 0 amide bonds. The zero-order valence-corrected chi connectivity index (χ0v) is 22.2. The third kappa shape index (κ3) is 3.24. The fraction of sp³-hybridized carbons (Fsp3) is 0.231. The van der Waals surface area contributed by atoms with E-state index in [9.17, 15) is 0 Å². The number of rotatable bonds is 2. The van der Waals surface area contributed by atoms with Gasteiger partial charge in [-0.25, -0.2) is 0 Å². The molecule has 0 nitrogen and oxygen atoms in total. The predicted octanol–water partition coefficient (Wildman–Crippen LogP) is 10.9. The van der Waals surface area contributed by atoms with Gasteiger partial charge in [0.05, 0.1) is 0 Å². The van der Waals surface area contributed by atoms with E-state index in [0.717, 1.165) is 23.7 Å². The second kappa shape index (κ2) is 8.30. The minimum atomic E-state index is 0.729. The number of fused-ring (bicyclic) bond motifs is 3. The monoisotopic (exact) mass is 500 g/mol. The van der Waals surface area contributed by atoms with Crippen LogP contribution < -0.4 is 0 Å². The molecule has 6 aromatic carbocycles. The molecular weight excluding hydrogens is 468 g/mol. The van der Waals surface area contributed by atoms with Gasteiger partial charge in [0.15, 0.2) is 0 Å². The topological polar surface area (TPSA) is 0 Å². The van der Waals surface area contributed by atoms with Crippen LogP contribution in [0.5, 0.6) is 0 Å². The van der Waals surface area contributed by atoms with Crippen molar-refractivity contribution in [2.75, 3.05) is 0 Å². The molecule has 2 saturated carbocycles. The first-order valence-corrected chi connectivity index (χ1v) is 14.9. The van der Waals surface area contributed by atoms with Crippen LogP contribution in [0.25, 0.3) is 54.6 Å². The molecule has 0 radical (unpaired) electrons. The Bertz CT molecular complexity index is 1890. The molecule has 0 saturated heterocycles. The Labute approximate surface area is 230 Å². The lowest BCUT2D eigenvalue weighted by atomic mass is 9.67. The SMILES string of the molecule is c1ccc(-c2c3ccccc3c(-c3cccc4ccccc34)c3cc4c(cc23)C2CC3CC(C2)CC4C3)cc1. The molecule has 6 aromatic rings. The third-order valence-electron chi connectivity index (χ3n) is 10.4. The van der Waals surface area contributed by atoms with Crippen molar-refractivity contribution in [2.24, 2.45) is 11.8 Å². The van der Waals surface area contributed by atoms with E-state index in [2.05, 4.69) is 109 Å². The molecule has 0 aromatic heterocycles. The van der Waals surface area contributed by atoms with Crippen molar-refractivity contribution in [3.8, 4) is 22.3 Å². The van der Waals surface area contributed by atoms with Crippen molar-refractivity contribution in [3.05, 3.63) is 120 Å². The highest BCUT2D eigenvalue weighted by Crippen LogP contribution is 2.58. The van der Waals surface area contributed by atoms with Crippen LogP contribution >= 0.6 is 0 Å². The molecule has 4 aliphatic rings. The summed E-state index contributed by atoms with van der Waals surface area (Å²) in [5.41, 5.74) is 8.83. The van der Waals surface area contributed by atoms with Crippen molar-refractivity contribution in [3.63, 3.8) is 0 Å². The van der Waals surface area contributed by atoms with Gasteiger partial charge in [-0.3, -0.25) is 0 Å². The summed E-state index contributed by atoms with van der Waals surface area (Å²) in [6, 6.07) is 41.4. The summed E-state index contributed by atoms with van der Waals surface area (Å²) in [5.74, 6) is 3.31. The predicted molar refractivity (Wildman–Crippen MR) is 165 cm³/mol. The molecule has 2 unspecified atom stereocenters. The minimum Gasteiger partial charge on any atom is -0.0622 e. The van der Waals surface area contributed by atoms with Gasteiger partial charge in [0.25, 0.3) is 0 Å². The highest BCUT2D eigenvalue weighted by molar-refractivity contribution is 6.23. The van der Waals surface area contributed by atoms with Gasteiger partial charge in [-0.15, -0.1) is 0 Å². The Hall–Kier alpha value is -3.90. The van der Waals surface area contributed by atoms with E-state index in [0.29, 0.717) is 0 Å². The lowest BCUT2D eigenvalue weighted by molar-refractivity contribution is 0.166. The zero-order valence-electron chi connectivity index (χ0n) is 22.2. The first-order chi connectivity index (χ1) is 19.3. The Morgan fingerprint density at radius 1 is 0.410 bits per heavy atom. The molecule has 4 aliphatic carbocycles. The van der Waals surface area contributed by atoms with Crippen molar-refractivity contribution < 1.29 is 0 Å². The number of hydrogen-bond acceptors (Lipinski definition) is 0. The van der Waals surface area contributed by atoms with Crippen LogP contribution in [0.3, 0.4) is 0 Å². The van der Waals surface area contributed by atoms with E-state index < -0.39 is 0 Å². The summed E-state index contributed by atoms with van der Waals surface area (Å²) in [6.07, 6.45) is 7.06. The normalized spacial score (nSPS) is 23.4. The third-order valence-corrected chi connectivity index (χ3v) is 10.4. The standard InChI is InChI=1S/C39H32/c1-2-10-27(11-3-1)38-32-14-6-7-15-33(32)39(31-16-8-12-26-9-4-5-13-30(26)31)37-23-35-29-20-24-17-25(21-29)19-28(18-24)34(35)22-36(37)38/h1-16,22-25,28-29H,17-21H2. The van der Waals surface area contributed by atoms with Gasteiger partial charge in [0, 0.05) is 0 Å². The van der Waals surface area contributed by atoms with Crippen molar-refractivity contribution in [2.45, 2.75) is 43.9 Å². The second-order valence-electron chi connectivity index (χ2n) is 12.5. The number of hydrogen-bond donors (Lipinski definition) is 0. The maximum Gasteiger partial charge on any atom is -0.00200 e. The van der Waals surface area contributed by atoms with Gasteiger partial charge >= 0.3 is 0 Å². The molecule has 2 atom stereocenters. The average molecular weight is 501 g/mol. The second-order valence-corrected chi connectivity index (χ2v) is 12.5. The fourth-order valence-corrected chi connectivity index (χ4v) is 8.97. The average Bonchev–Trinajstić information content (AvgIpc) is 3.14. The van der Waals surface area contributed by atoms with Gasteiger partial charge in [-0.1, -0.05) is 97.1 Å². The largest absolute Gasteiger partial charge is 0.0622 e. The first kappa shape index (κ1) is 22.0. The van der Waals surface area contributed by atoms with Crippen LogP contribution in [-0.2, 0) is 0 Å². The van der Waals surface area contributed by atoms with Gasteiger partial charge in [0.2, 0.25) is 0 Å². The van der Waals surface area contributed by atoms with E-state index in [4.69, 9.17) is 0 Å². The van der Waals surface area contributed by atoms with Gasteiger partial charge in [0.1, 0.15) is 0 Å². The highest BCUT2D eigenvalue weighted by Gasteiger charge is 2.42. The summed E-state index contributed by atoms with van der Waals surface area (Å²) < 4.78 is 0. The fourth-order valence-electron chi connectivity index (χ4n) is 8.97. The molecule has 2 fully saturated rings. The summed E-state index contributed by atoms with van der Waals surface area (Å²) in [4.78, 5) is 0. The van der Waals surface area contributed by atoms with E-state index in [1.165, 1.54) is 86.7 Å². The quantitative estimate of drug-likeness (QED) is 0.207. The van der Waals surface area contributed by atoms with E-state index in [-0.39, 0.29) is 0 Å². The molecule has 0 heterocycles. The van der Waals surface area contributed by atoms with Crippen LogP contribution in [-0.4, -0.2) is 0 Å². The highest BCUT2D eigenvalue weighted by atomic mass is 14.5. The maximum atomic E-state index is 2.68. The molecule has 188 valence electrons. The zero-order chi connectivity index (χ0) is 25.5. The molecule has 10 rings (SSSR count). The molecule has 0 aliphatic heterocycles. The van der Waals surface area contributed by atoms with Gasteiger partial charge < -0.3 is 0 Å².